The summed E-state index contributed by atoms with van der Waals surface area (Å²) in [5.41, 5.74) is 2.30. The molecule has 0 bridgehead atoms. The number of carbonyl (C=O) groups is 2. The van der Waals surface area contributed by atoms with E-state index in [4.69, 9.17) is 18.9 Å². The first-order chi connectivity index (χ1) is 15.1. The standard InChI is InChI=1S/C25H28O6/c1-3-5-24(26)30-17-15-28-22-11-7-20(8-12-22)19-21-9-13-23(14-10-21)29-16-18-31-25(27)6-4-2/h3-14H,15-19H2,1-2H3. The second-order valence-corrected chi connectivity index (χ2v) is 6.50. The Morgan fingerprint density at radius 3 is 1.39 bits per heavy atom. The number of carbonyl (C=O) groups excluding carboxylic acids is 2. The van der Waals surface area contributed by atoms with Crippen molar-refractivity contribution in [3.63, 3.8) is 0 Å². The lowest BCUT2D eigenvalue weighted by atomic mass is 10.0. The van der Waals surface area contributed by atoms with Crippen molar-refractivity contribution in [1.29, 1.82) is 0 Å². The maximum absolute atomic E-state index is 11.2. The first-order valence-corrected chi connectivity index (χ1v) is 10.1. The highest BCUT2D eigenvalue weighted by molar-refractivity contribution is 5.82. The number of hydrogen-bond donors (Lipinski definition) is 0. The molecule has 0 aliphatic heterocycles. The van der Waals surface area contributed by atoms with Crippen molar-refractivity contribution in [2.45, 2.75) is 20.3 Å². The van der Waals surface area contributed by atoms with E-state index < -0.39 is 0 Å². The van der Waals surface area contributed by atoms with Gasteiger partial charge in [-0.25, -0.2) is 9.59 Å². The average Bonchev–Trinajstić information content (AvgIpc) is 2.77. The van der Waals surface area contributed by atoms with Gasteiger partial charge in [-0.2, -0.15) is 0 Å². The minimum absolute atomic E-state index is 0.206. The number of hydrogen-bond acceptors (Lipinski definition) is 6. The Hall–Kier alpha value is -3.54. The second-order valence-electron chi connectivity index (χ2n) is 6.50. The SMILES string of the molecule is CC=CC(=O)OCCOc1ccc(Cc2ccc(OCCOC(=O)C=CC)cc2)cc1. The van der Waals surface area contributed by atoms with Crippen molar-refractivity contribution >= 4 is 11.9 Å². The minimum Gasteiger partial charge on any atom is -0.490 e. The van der Waals surface area contributed by atoms with E-state index >= 15 is 0 Å². The van der Waals surface area contributed by atoms with E-state index in [2.05, 4.69) is 0 Å². The third-order valence-electron chi connectivity index (χ3n) is 4.05. The maximum Gasteiger partial charge on any atom is 0.330 e. The Kier molecular flexibility index (Phi) is 10.4. The summed E-state index contributed by atoms with van der Waals surface area (Å²) < 4.78 is 21.1. The molecular weight excluding hydrogens is 396 g/mol. The highest BCUT2D eigenvalue weighted by atomic mass is 16.6. The molecule has 31 heavy (non-hydrogen) atoms. The molecule has 0 atom stereocenters. The van der Waals surface area contributed by atoms with Gasteiger partial charge in [0.2, 0.25) is 0 Å². The van der Waals surface area contributed by atoms with Crippen molar-refractivity contribution in [2.24, 2.45) is 0 Å². The molecule has 0 aromatic heterocycles. The van der Waals surface area contributed by atoms with Crippen molar-refractivity contribution in [2.75, 3.05) is 26.4 Å². The molecule has 0 N–H and O–H groups in total. The van der Waals surface area contributed by atoms with Crippen LogP contribution in [-0.4, -0.2) is 38.4 Å². The average molecular weight is 424 g/mol. The Labute approximate surface area is 183 Å². The summed E-state index contributed by atoms with van der Waals surface area (Å²) in [7, 11) is 0. The fourth-order valence-corrected chi connectivity index (χ4v) is 2.61. The topological polar surface area (TPSA) is 71.1 Å². The molecule has 0 amide bonds. The molecule has 0 saturated heterocycles. The van der Waals surface area contributed by atoms with Gasteiger partial charge in [-0.3, -0.25) is 0 Å². The Morgan fingerprint density at radius 2 is 1.03 bits per heavy atom. The van der Waals surface area contributed by atoms with E-state index in [1.54, 1.807) is 26.0 Å². The number of benzene rings is 2. The van der Waals surface area contributed by atoms with Crippen LogP contribution in [0.2, 0.25) is 0 Å². The third-order valence-corrected chi connectivity index (χ3v) is 4.05. The van der Waals surface area contributed by atoms with Crippen LogP contribution in [0.25, 0.3) is 0 Å². The van der Waals surface area contributed by atoms with Crippen molar-refractivity contribution in [3.8, 4) is 11.5 Å². The summed E-state index contributed by atoms with van der Waals surface area (Å²) in [5, 5.41) is 0. The summed E-state index contributed by atoms with van der Waals surface area (Å²) in [6.45, 7) is 4.54. The number of esters is 2. The lowest BCUT2D eigenvalue weighted by molar-refractivity contribution is -0.139. The molecule has 0 spiro atoms. The molecule has 6 heteroatoms. The normalized spacial score (nSPS) is 10.9. The van der Waals surface area contributed by atoms with Crippen molar-refractivity contribution < 1.29 is 28.5 Å². The van der Waals surface area contributed by atoms with Crippen LogP contribution in [0.4, 0.5) is 0 Å². The van der Waals surface area contributed by atoms with E-state index in [1.165, 1.54) is 12.2 Å². The number of allylic oxidation sites excluding steroid dienone is 2. The van der Waals surface area contributed by atoms with E-state index in [9.17, 15) is 9.59 Å². The summed E-state index contributed by atoms with van der Waals surface area (Å²) in [4.78, 5) is 22.4. The van der Waals surface area contributed by atoms with Crippen LogP contribution in [0, 0.1) is 0 Å². The zero-order valence-electron chi connectivity index (χ0n) is 17.9. The van der Waals surface area contributed by atoms with Gasteiger partial charge < -0.3 is 18.9 Å². The molecule has 2 rings (SSSR count). The van der Waals surface area contributed by atoms with Crippen LogP contribution >= 0.6 is 0 Å². The first kappa shape index (κ1) is 23.7. The van der Waals surface area contributed by atoms with Crippen molar-refractivity contribution in [1.82, 2.24) is 0 Å². The van der Waals surface area contributed by atoms with Gasteiger partial charge in [-0.05, 0) is 55.7 Å². The molecule has 6 nitrogen and oxygen atoms in total. The van der Waals surface area contributed by atoms with E-state index in [0.717, 1.165) is 29.0 Å². The van der Waals surface area contributed by atoms with Crippen LogP contribution in [-0.2, 0) is 25.5 Å². The van der Waals surface area contributed by atoms with Gasteiger partial charge in [0.05, 0.1) is 0 Å². The highest BCUT2D eigenvalue weighted by Crippen LogP contribution is 2.18. The van der Waals surface area contributed by atoms with Gasteiger partial charge >= 0.3 is 11.9 Å². The molecule has 164 valence electrons. The molecule has 0 unspecified atom stereocenters. The van der Waals surface area contributed by atoms with Gasteiger partial charge in [0.15, 0.2) is 0 Å². The summed E-state index contributed by atoms with van der Waals surface area (Å²) in [5.74, 6) is 0.714. The highest BCUT2D eigenvalue weighted by Gasteiger charge is 2.02. The molecule has 0 radical (unpaired) electrons. The maximum atomic E-state index is 11.2. The Bertz CT molecular complexity index is 792. The van der Waals surface area contributed by atoms with Gasteiger partial charge in [0.25, 0.3) is 0 Å². The van der Waals surface area contributed by atoms with Crippen LogP contribution in [0.3, 0.4) is 0 Å². The Morgan fingerprint density at radius 1 is 0.645 bits per heavy atom. The molecule has 2 aromatic rings. The summed E-state index contributed by atoms with van der Waals surface area (Å²) in [6, 6.07) is 15.6. The van der Waals surface area contributed by atoms with Crippen LogP contribution in [0.15, 0.2) is 72.8 Å². The Balaban J connectivity index is 1.71. The smallest absolute Gasteiger partial charge is 0.330 e. The molecule has 0 saturated carbocycles. The number of ether oxygens (including phenoxy) is 4. The predicted octanol–water partition coefficient (Wildman–Crippen LogP) is 4.27. The molecule has 2 aromatic carbocycles. The van der Waals surface area contributed by atoms with E-state index in [1.807, 2.05) is 48.5 Å². The number of rotatable bonds is 12. The molecule has 0 fully saturated rings. The fourth-order valence-electron chi connectivity index (χ4n) is 2.61. The molecule has 0 aliphatic rings. The fraction of sp³-hybridized carbons (Fsp3) is 0.280. The largest absolute Gasteiger partial charge is 0.490 e. The first-order valence-electron chi connectivity index (χ1n) is 10.1. The summed E-state index contributed by atoms with van der Waals surface area (Å²) in [6.07, 6.45) is 6.79. The minimum atomic E-state index is -0.370. The lowest BCUT2D eigenvalue weighted by Gasteiger charge is -2.09. The van der Waals surface area contributed by atoms with Crippen LogP contribution in [0.5, 0.6) is 11.5 Å². The quantitative estimate of drug-likeness (QED) is 0.288. The van der Waals surface area contributed by atoms with E-state index in [0.29, 0.717) is 13.2 Å². The van der Waals surface area contributed by atoms with Crippen LogP contribution < -0.4 is 9.47 Å². The van der Waals surface area contributed by atoms with Gasteiger partial charge in [-0.15, -0.1) is 0 Å². The lowest BCUT2D eigenvalue weighted by Crippen LogP contribution is -2.10. The van der Waals surface area contributed by atoms with E-state index in [-0.39, 0.29) is 25.2 Å². The zero-order valence-corrected chi connectivity index (χ0v) is 17.9. The van der Waals surface area contributed by atoms with Gasteiger partial charge in [0.1, 0.15) is 37.9 Å². The third kappa shape index (κ3) is 9.67. The molecule has 0 heterocycles. The second kappa shape index (κ2) is 13.6. The van der Waals surface area contributed by atoms with Crippen molar-refractivity contribution in [3.05, 3.63) is 84.0 Å². The summed E-state index contributed by atoms with van der Waals surface area (Å²) >= 11 is 0. The molecule has 0 aliphatic carbocycles. The van der Waals surface area contributed by atoms with Crippen LogP contribution in [0.1, 0.15) is 25.0 Å². The monoisotopic (exact) mass is 424 g/mol. The predicted molar refractivity (Wildman–Crippen MR) is 118 cm³/mol. The van der Waals surface area contributed by atoms with Gasteiger partial charge in [0, 0.05) is 12.2 Å². The van der Waals surface area contributed by atoms with Gasteiger partial charge in [-0.1, -0.05) is 36.4 Å². The molecular formula is C25H28O6. The zero-order chi connectivity index (χ0) is 22.3.